The summed E-state index contributed by atoms with van der Waals surface area (Å²) in [6.45, 7) is 2.13. The average molecular weight is 388 g/mol. The fourth-order valence-corrected chi connectivity index (χ4v) is 3.40. The molecule has 0 aromatic heterocycles. The predicted molar refractivity (Wildman–Crippen MR) is 112 cm³/mol. The standard InChI is InChI=1S/C22H29NO3S/c24-21(20-11-5-2-6-12-20)17-27-18-22(25)23-14-7-8-15-26-16-13-19-9-3-1-4-10-19/h1-6,9-12,21,24H,7-8,13-18H2,(H,23,25). The van der Waals surface area contributed by atoms with Crippen molar-refractivity contribution in [1.29, 1.82) is 0 Å². The minimum absolute atomic E-state index is 0.0188. The molecule has 0 aliphatic rings. The number of amides is 1. The molecule has 0 aliphatic carbocycles. The molecule has 1 amide bonds. The smallest absolute Gasteiger partial charge is 0.229 e. The van der Waals surface area contributed by atoms with Crippen molar-refractivity contribution in [1.82, 2.24) is 5.32 Å². The Morgan fingerprint density at radius 2 is 1.70 bits per heavy atom. The number of aliphatic hydroxyl groups is 1. The molecule has 0 saturated heterocycles. The van der Waals surface area contributed by atoms with Gasteiger partial charge >= 0.3 is 0 Å². The average Bonchev–Trinajstić information content (AvgIpc) is 2.71. The van der Waals surface area contributed by atoms with Crippen LogP contribution < -0.4 is 5.32 Å². The molecule has 146 valence electrons. The first kappa shape index (κ1) is 21.5. The topological polar surface area (TPSA) is 58.6 Å². The Hall–Kier alpha value is -1.82. The highest BCUT2D eigenvalue weighted by Gasteiger charge is 2.08. The van der Waals surface area contributed by atoms with Gasteiger partial charge in [-0.25, -0.2) is 0 Å². The van der Waals surface area contributed by atoms with Crippen LogP contribution in [0, 0.1) is 0 Å². The maximum absolute atomic E-state index is 11.8. The van der Waals surface area contributed by atoms with E-state index in [1.54, 1.807) is 0 Å². The number of benzene rings is 2. The molecule has 2 aromatic rings. The number of carbonyl (C=O) groups is 1. The van der Waals surface area contributed by atoms with Gasteiger partial charge in [0, 0.05) is 18.9 Å². The van der Waals surface area contributed by atoms with Gasteiger partial charge in [0.1, 0.15) is 0 Å². The van der Waals surface area contributed by atoms with Gasteiger partial charge in [0.15, 0.2) is 0 Å². The van der Waals surface area contributed by atoms with E-state index in [0.29, 0.717) is 18.1 Å². The second-order valence-corrected chi connectivity index (χ2v) is 7.38. The summed E-state index contributed by atoms with van der Waals surface area (Å²) in [6, 6.07) is 19.8. The van der Waals surface area contributed by atoms with Crippen molar-refractivity contribution in [2.24, 2.45) is 0 Å². The first-order chi connectivity index (χ1) is 13.3. The molecule has 2 N–H and O–H groups in total. The highest BCUT2D eigenvalue weighted by atomic mass is 32.2. The van der Waals surface area contributed by atoms with Crippen molar-refractivity contribution in [3.8, 4) is 0 Å². The number of thioether (sulfide) groups is 1. The van der Waals surface area contributed by atoms with Crippen LogP contribution >= 0.6 is 11.8 Å². The van der Waals surface area contributed by atoms with Crippen LogP contribution in [0.1, 0.15) is 30.1 Å². The highest BCUT2D eigenvalue weighted by molar-refractivity contribution is 7.99. The Morgan fingerprint density at radius 1 is 1.00 bits per heavy atom. The van der Waals surface area contributed by atoms with Gasteiger partial charge in [0.05, 0.1) is 18.5 Å². The number of rotatable bonds is 13. The van der Waals surface area contributed by atoms with Crippen LogP contribution in [0.5, 0.6) is 0 Å². The Bertz CT molecular complexity index is 637. The zero-order valence-corrected chi connectivity index (χ0v) is 16.5. The molecule has 0 fully saturated rings. The number of ether oxygens (including phenoxy) is 1. The number of carbonyl (C=O) groups excluding carboxylic acids is 1. The van der Waals surface area contributed by atoms with Crippen molar-refractivity contribution >= 4 is 17.7 Å². The van der Waals surface area contributed by atoms with Gasteiger partial charge in [-0.15, -0.1) is 11.8 Å². The summed E-state index contributed by atoms with van der Waals surface area (Å²) in [5, 5.41) is 13.0. The van der Waals surface area contributed by atoms with E-state index >= 15 is 0 Å². The Kier molecular flexibility index (Phi) is 10.6. The van der Waals surface area contributed by atoms with Gasteiger partial charge in [0.2, 0.25) is 5.91 Å². The molecule has 0 heterocycles. The number of aliphatic hydroxyl groups excluding tert-OH is 1. The van der Waals surface area contributed by atoms with Crippen molar-refractivity contribution in [3.05, 3.63) is 71.8 Å². The van der Waals surface area contributed by atoms with Crippen molar-refractivity contribution in [3.63, 3.8) is 0 Å². The molecule has 5 heteroatoms. The zero-order valence-electron chi connectivity index (χ0n) is 15.7. The van der Waals surface area contributed by atoms with Gasteiger partial charge in [-0.1, -0.05) is 60.7 Å². The van der Waals surface area contributed by atoms with Gasteiger partial charge in [-0.05, 0) is 30.4 Å². The highest BCUT2D eigenvalue weighted by Crippen LogP contribution is 2.17. The molecule has 0 bridgehead atoms. The molecule has 2 aromatic carbocycles. The molecule has 0 spiro atoms. The third-order valence-electron chi connectivity index (χ3n) is 4.11. The largest absolute Gasteiger partial charge is 0.388 e. The summed E-state index contributed by atoms with van der Waals surface area (Å²) < 4.78 is 5.63. The lowest BCUT2D eigenvalue weighted by molar-refractivity contribution is -0.118. The van der Waals surface area contributed by atoms with Crippen LogP contribution in [0.4, 0.5) is 0 Å². The van der Waals surface area contributed by atoms with Crippen LogP contribution in [0.2, 0.25) is 0 Å². The normalized spacial score (nSPS) is 11.9. The molecule has 0 aliphatic heterocycles. The van der Waals surface area contributed by atoms with E-state index in [1.165, 1.54) is 17.3 Å². The fraction of sp³-hybridized carbons (Fsp3) is 0.409. The van der Waals surface area contributed by atoms with E-state index in [2.05, 4.69) is 17.4 Å². The van der Waals surface area contributed by atoms with E-state index in [1.807, 2.05) is 48.5 Å². The third kappa shape index (κ3) is 9.61. The summed E-state index contributed by atoms with van der Waals surface area (Å²) >= 11 is 1.45. The number of nitrogens with one attached hydrogen (secondary N) is 1. The molecule has 1 unspecified atom stereocenters. The SMILES string of the molecule is O=C(CSCC(O)c1ccccc1)NCCCCOCCc1ccccc1. The summed E-state index contributed by atoms with van der Waals surface area (Å²) in [5.41, 5.74) is 2.18. The van der Waals surface area contributed by atoms with Gasteiger partial charge in [-0.2, -0.15) is 0 Å². The van der Waals surface area contributed by atoms with Crippen molar-refractivity contribution < 1.29 is 14.6 Å². The molecule has 2 rings (SSSR count). The zero-order chi connectivity index (χ0) is 19.2. The molecule has 0 saturated carbocycles. The quantitative estimate of drug-likeness (QED) is 0.516. The molecular weight excluding hydrogens is 358 g/mol. The summed E-state index contributed by atoms with van der Waals surface area (Å²) in [4.78, 5) is 11.8. The van der Waals surface area contributed by atoms with Gasteiger partial charge < -0.3 is 15.2 Å². The lowest BCUT2D eigenvalue weighted by Crippen LogP contribution is -2.26. The van der Waals surface area contributed by atoms with E-state index in [4.69, 9.17) is 4.74 Å². The lowest BCUT2D eigenvalue weighted by Gasteiger charge is -2.10. The van der Waals surface area contributed by atoms with E-state index in [-0.39, 0.29) is 5.91 Å². The summed E-state index contributed by atoms with van der Waals surface area (Å²) in [6.07, 6.45) is 2.25. The summed E-state index contributed by atoms with van der Waals surface area (Å²) in [5.74, 6) is 0.912. The maximum Gasteiger partial charge on any atom is 0.229 e. The monoisotopic (exact) mass is 387 g/mol. The van der Waals surface area contributed by atoms with Crippen LogP contribution in [0.25, 0.3) is 0 Å². The van der Waals surface area contributed by atoms with Crippen LogP contribution in [-0.4, -0.2) is 42.3 Å². The van der Waals surface area contributed by atoms with Crippen molar-refractivity contribution in [2.45, 2.75) is 25.4 Å². The van der Waals surface area contributed by atoms with Crippen molar-refractivity contribution in [2.75, 3.05) is 31.3 Å². The molecule has 0 radical (unpaired) electrons. The van der Waals surface area contributed by atoms with E-state index in [9.17, 15) is 9.90 Å². The third-order valence-corrected chi connectivity index (χ3v) is 5.13. The van der Waals surface area contributed by atoms with Gasteiger partial charge in [0.25, 0.3) is 0 Å². The van der Waals surface area contributed by atoms with E-state index < -0.39 is 6.10 Å². The maximum atomic E-state index is 11.8. The second-order valence-electron chi connectivity index (χ2n) is 6.35. The lowest BCUT2D eigenvalue weighted by atomic mass is 10.1. The number of hydrogen-bond donors (Lipinski definition) is 2. The minimum Gasteiger partial charge on any atom is -0.388 e. The first-order valence-electron chi connectivity index (χ1n) is 9.45. The Morgan fingerprint density at radius 3 is 2.44 bits per heavy atom. The minimum atomic E-state index is -0.531. The molecule has 27 heavy (non-hydrogen) atoms. The van der Waals surface area contributed by atoms with Gasteiger partial charge in [-0.3, -0.25) is 4.79 Å². The molecular formula is C22H29NO3S. The Balaban J connectivity index is 1.41. The molecule has 1 atom stereocenters. The molecule has 4 nitrogen and oxygen atoms in total. The fourth-order valence-electron chi connectivity index (χ4n) is 2.58. The number of unbranched alkanes of at least 4 members (excludes halogenated alkanes) is 1. The van der Waals surface area contributed by atoms with E-state index in [0.717, 1.165) is 38.0 Å². The summed E-state index contributed by atoms with van der Waals surface area (Å²) in [7, 11) is 0. The second kappa shape index (κ2) is 13.4. The van der Waals surface area contributed by atoms with Crippen LogP contribution in [-0.2, 0) is 16.0 Å². The van der Waals surface area contributed by atoms with Crippen LogP contribution in [0.15, 0.2) is 60.7 Å². The number of hydrogen-bond acceptors (Lipinski definition) is 4. The van der Waals surface area contributed by atoms with Crippen LogP contribution in [0.3, 0.4) is 0 Å². The Labute approximate surface area is 166 Å². The first-order valence-corrected chi connectivity index (χ1v) is 10.6. The predicted octanol–water partition coefficient (Wildman–Crippen LogP) is 3.61.